The summed E-state index contributed by atoms with van der Waals surface area (Å²) in [5.41, 5.74) is 4.48. The third-order valence-corrected chi connectivity index (χ3v) is 4.55. The van der Waals surface area contributed by atoms with Crippen LogP contribution in [0.25, 0.3) is 0 Å². The first-order valence-electron chi connectivity index (χ1n) is 8.45. The number of ether oxygens (including phenoxy) is 2. The summed E-state index contributed by atoms with van der Waals surface area (Å²) in [6.45, 7) is 4.29. The number of aryl methyl sites for hydroxylation is 2. The highest BCUT2D eigenvalue weighted by Gasteiger charge is 2.30. The second-order valence-electron chi connectivity index (χ2n) is 6.53. The predicted molar refractivity (Wildman–Crippen MR) is 95.0 cm³/mol. The van der Waals surface area contributed by atoms with E-state index < -0.39 is 11.8 Å². The van der Waals surface area contributed by atoms with Crippen molar-refractivity contribution in [3.05, 3.63) is 64.2 Å². The number of carbonyl (C=O) groups is 2. The van der Waals surface area contributed by atoms with Crippen LogP contribution < -0.4 is 4.74 Å². The Morgan fingerprint density at radius 3 is 2.52 bits per heavy atom. The summed E-state index contributed by atoms with van der Waals surface area (Å²) in [7, 11) is 1.22. The van der Waals surface area contributed by atoms with Crippen molar-refractivity contribution in [1.29, 1.82) is 0 Å². The summed E-state index contributed by atoms with van der Waals surface area (Å²) in [6.07, 6.45) is 2.21. The van der Waals surface area contributed by atoms with Crippen molar-refractivity contribution in [1.82, 2.24) is 0 Å². The van der Waals surface area contributed by atoms with Gasteiger partial charge in [-0.1, -0.05) is 35.9 Å². The first-order chi connectivity index (χ1) is 12.0. The number of methoxy groups -OCH3 is 1. The Kier molecular flexibility index (Phi) is 4.88. The quantitative estimate of drug-likeness (QED) is 0.452. The van der Waals surface area contributed by atoms with Gasteiger partial charge < -0.3 is 9.47 Å². The largest absolute Gasteiger partial charge is 0.489 e. The third-order valence-electron chi connectivity index (χ3n) is 4.55. The van der Waals surface area contributed by atoms with Gasteiger partial charge in [-0.2, -0.15) is 0 Å². The van der Waals surface area contributed by atoms with Gasteiger partial charge in [-0.3, -0.25) is 4.79 Å². The number of esters is 1. The molecule has 2 aromatic carbocycles. The van der Waals surface area contributed by atoms with Gasteiger partial charge in [0.2, 0.25) is 0 Å². The van der Waals surface area contributed by atoms with Crippen LogP contribution in [0, 0.1) is 13.8 Å². The molecule has 0 radical (unpaired) electrons. The van der Waals surface area contributed by atoms with E-state index in [0.29, 0.717) is 11.5 Å². The summed E-state index contributed by atoms with van der Waals surface area (Å²) < 4.78 is 10.6. The molecule has 1 fully saturated rings. The van der Waals surface area contributed by atoms with Crippen LogP contribution in [-0.2, 0) is 16.1 Å². The maximum absolute atomic E-state index is 12.4. The summed E-state index contributed by atoms with van der Waals surface area (Å²) in [5.74, 6) is -0.235. The molecular weight excluding hydrogens is 316 g/mol. The molecular formula is C21H22O4. The molecule has 0 bridgehead atoms. The van der Waals surface area contributed by atoms with E-state index in [2.05, 4.69) is 10.8 Å². The Morgan fingerprint density at radius 2 is 1.88 bits per heavy atom. The van der Waals surface area contributed by atoms with Crippen molar-refractivity contribution in [3.8, 4) is 5.75 Å². The van der Waals surface area contributed by atoms with Crippen molar-refractivity contribution in [3.63, 3.8) is 0 Å². The lowest BCUT2D eigenvalue weighted by molar-refractivity contribution is -0.135. The molecule has 0 N–H and O–H groups in total. The van der Waals surface area contributed by atoms with Gasteiger partial charge in [0.1, 0.15) is 12.4 Å². The van der Waals surface area contributed by atoms with E-state index in [-0.39, 0.29) is 6.61 Å². The van der Waals surface area contributed by atoms with E-state index in [9.17, 15) is 9.59 Å². The zero-order valence-electron chi connectivity index (χ0n) is 14.8. The number of benzene rings is 2. The van der Waals surface area contributed by atoms with Gasteiger partial charge in [-0.05, 0) is 49.8 Å². The van der Waals surface area contributed by atoms with E-state index in [1.807, 2.05) is 38.1 Å². The lowest BCUT2D eigenvalue weighted by atomic mass is 9.95. The van der Waals surface area contributed by atoms with Crippen molar-refractivity contribution >= 4 is 11.8 Å². The molecule has 1 aliphatic rings. The average Bonchev–Trinajstić information content (AvgIpc) is 3.44. The fourth-order valence-corrected chi connectivity index (χ4v) is 3.07. The SMILES string of the molecule is COC(=O)C(=O)c1cccc(C2CC2)c1COc1ccc(C)cc1C. The summed E-state index contributed by atoms with van der Waals surface area (Å²) in [5, 5.41) is 0. The second-order valence-corrected chi connectivity index (χ2v) is 6.53. The van der Waals surface area contributed by atoms with Crippen molar-refractivity contribution in [2.24, 2.45) is 0 Å². The molecule has 1 aliphatic carbocycles. The highest BCUT2D eigenvalue weighted by molar-refractivity contribution is 6.41. The van der Waals surface area contributed by atoms with E-state index in [4.69, 9.17) is 4.74 Å². The molecule has 0 aromatic heterocycles. The van der Waals surface area contributed by atoms with Crippen molar-refractivity contribution in [2.45, 2.75) is 39.2 Å². The van der Waals surface area contributed by atoms with E-state index in [1.165, 1.54) is 12.7 Å². The number of rotatable bonds is 6. The molecule has 0 atom stereocenters. The maximum Gasteiger partial charge on any atom is 0.379 e. The molecule has 0 spiro atoms. The molecule has 1 saturated carbocycles. The zero-order chi connectivity index (χ0) is 18.0. The molecule has 2 aromatic rings. The highest BCUT2D eigenvalue weighted by Crippen LogP contribution is 2.42. The molecule has 0 saturated heterocycles. The molecule has 130 valence electrons. The summed E-state index contributed by atoms with van der Waals surface area (Å²) >= 11 is 0. The molecule has 4 heteroatoms. The molecule has 0 aliphatic heterocycles. The molecule has 4 nitrogen and oxygen atoms in total. The second kappa shape index (κ2) is 7.09. The maximum atomic E-state index is 12.4. The van der Waals surface area contributed by atoms with Crippen LogP contribution >= 0.6 is 0 Å². The van der Waals surface area contributed by atoms with Crippen LogP contribution in [0.4, 0.5) is 0 Å². The summed E-state index contributed by atoms with van der Waals surface area (Å²) in [4.78, 5) is 24.1. The normalized spacial score (nSPS) is 13.4. The smallest absolute Gasteiger partial charge is 0.379 e. The van der Waals surface area contributed by atoms with Gasteiger partial charge in [0.05, 0.1) is 7.11 Å². The fourth-order valence-electron chi connectivity index (χ4n) is 3.07. The number of Topliss-reactive ketones (excluding diaryl/α,β-unsaturated/α-hetero) is 1. The van der Waals surface area contributed by atoms with Crippen LogP contribution in [0.2, 0.25) is 0 Å². The summed E-state index contributed by atoms with van der Waals surface area (Å²) in [6, 6.07) is 11.5. The zero-order valence-corrected chi connectivity index (χ0v) is 14.8. The van der Waals surface area contributed by atoms with Crippen LogP contribution in [-0.4, -0.2) is 18.9 Å². The monoisotopic (exact) mass is 338 g/mol. The standard InChI is InChI=1S/C21H22O4/c1-13-7-10-19(14(2)11-13)25-12-18-16(15-8-9-15)5-4-6-17(18)20(22)21(23)24-3/h4-7,10-11,15H,8-9,12H2,1-3H3. The van der Waals surface area contributed by atoms with Crippen LogP contribution in [0.15, 0.2) is 36.4 Å². The topological polar surface area (TPSA) is 52.6 Å². The number of hydrogen-bond acceptors (Lipinski definition) is 4. The lowest BCUT2D eigenvalue weighted by Crippen LogP contribution is -2.19. The van der Waals surface area contributed by atoms with E-state index in [1.54, 1.807) is 6.07 Å². The molecule has 25 heavy (non-hydrogen) atoms. The number of hydrogen-bond donors (Lipinski definition) is 0. The predicted octanol–water partition coefficient (Wildman–Crippen LogP) is 4.12. The van der Waals surface area contributed by atoms with Gasteiger partial charge in [0, 0.05) is 11.1 Å². The van der Waals surface area contributed by atoms with Gasteiger partial charge in [-0.15, -0.1) is 0 Å². The van der Waals surface area contributed by atoms with Gasteiger partial charge in [0.25, 0.3) is 5.78 Å². The number of ketones is 1. The Bertz CT molecular complexity index is 819. The molecule has 3 rings (SSSR count). The Balaban J connectivity index is 1.92. The van der Waals surface area contributed by atoms with Crippen molar-refractivity contribution < 1.29 is 19.1 Å². The first-order valence-corrected chi connectivity index (χ1v) is 8.45. The Labute approximate surface area is 147 Å². The lowest BCUT2D eigenvalue weighted by Gasteiger charge is -2.16. The minimum absolute atomic E-state index is 0.259. The minimum Gasteiger partial charge on any atom is -0.489 e. The molecule has 0 amide bonds. The van der Waals surface area contributed by atoms with Gasteiger partial charge in [0.15, 0.2) is 0 Å². The average molecular weight is 338 g/mol. The number of carbonyl (C=O) groups excluding carboxylic acids is 2. The first kappa shape index (κ1) is 17.2. The van der Waals surface area contributed by atoms with Crippen molar-refractivity contribution in [2.75, 3.05) is 7.11 Å². The van der Waals surface area contributed by atoms with Crippen LogP contribution in [0.5, 0.6) is 5.75 Å². The van der Waals surface area contributed by atoms with Crippen LogP contribution in [0.3, 0.4) is 0 Å². The van der Waals surface area contributed by atoms with E-state index >= 15 is 0 Å². The van der Waals surface area contributed by atoms with E-state index in [0.717, 1.165) is 35.3 Å². The van der Waals surface area contributed by atoms with Gasteiger partial charge in [-0.25, -0.2) is 4.79 Å². The minimum atomic E-state index is -0.847. The fraction of sp³-hybridized carbons (Fsp3) is 0.333. The van der Waals surface area contributed by atoms with Crippen LogP contribution in [0.1, 0.15) is 51.4 Å². The third kappa shape index (κ3) is 3.73. The Hall–Kier alpha value is -2.62. The molecule has 0 unspecified atom stereocenters. The van der Waals surface area contributed by atoms with Gasteiger partial charge >= 0.3 is 5.97 Å². The molecule has 0 heterocycles. The highest BCUT2D eigenvalue weighted by atomic mass is 16.5. The Morgan fingerprint density at radius 1 is 1.12 bits per heavy atom.